The van der Waals surface area contributed by atoms with Gasteiger partial charge in [-0.25, -0.2) is 0 Å². The highest BCUT2D eigenvalue weighted by Gasteiger charge is 2.19. The summed E-state index contributed by atoms with van der Waals surface area (Å²) in [6.45, 7) is 4.81. The Morgan fingerprint density at radius 1 is 1.30 bits per heavy atom. The summed E-state index contributed by atoms with van der Waals surface area (Å²) in [4.78, 5) is 25.1. The molecule has 0 saturated carbocycles. The summed E-state index contributed by atoms with van der Waals surface area (Å²) in [6.07, 6.45) is 0. The van der Waals surface area contributed by atoms with Crippen LogP contribution in [0.1, 0.15) is 16.0 Å². The van der Waals surface area contributed by atoms with Crippen LogP contribution in [0, 0.1) is 24.0 Å². The zero-order chi connectivity index (χ0) is 17.0. The monoisotopic (exact) mass is 334 g/mol. The molecule has 23 heavy (non-hydrogen) atoms. The zero-order valence-electron chi connectivity index (χ0n) is 13.4. The quantitative estimate of drug-likeness (QED) is 0.626. The number of amides is 1. The molecule has 7 heteroatoms. The zero-order valence-corrected chi connectivity index (χ0v) is 14.2. The number of nitrogens with zero attached hydrogens (tertiary/aromatic N) is 1. The van der Waals surface area contributed by atoms with Crippen molar-refractivity contribution in [3.8, 4) is 0 Å². The second kappa shape index (κ2) is 7.34. The number of nitro benzene ring substituents is 1. The predicted molar refractivity (Wildman–Crippen MR) is 91.0 cm³/mol. The molecule has 0 aliphatic heterocycles. The van der Waals surface area contributed by atoms with Crippen LogP contribution in [0.15, 0.2) is 29.6 Å². The fourth-order valence-corrected chi connectivity index (χ4v) is 3.37. The molecule has 0 radical (unpaired) electrons. The Balaban J connectivity index is 2.03. The van der Waals surface area contributed by atoms with E-state index in [9.17, 15) is 14.9 Å². The van der Waals surface area contributed by atoms with Crippen LogP contribution in [0.2, 0.25) is 0 Å². The Hall–Kier alpha value is -2.25. The van der Waals surface area contributed by atoms with E-state index in [1.807, 2.05) is 12.4 Å². The maximum Gasteiger partial charge on any atom is 0.293 e. The molecule has 2 N–H and O–H groups in total. The van der Waals surface area contributed by atoms with E-state index < -0.39 is 4.92 Å². The summed E-state index contributed by atoms with van der Waals surface area (Å²) in [5, 5.41) is 15.8. The summed E-state index contributed by atoms with van der Waals surface area (Å²) < 4.78 is 0. The Kier molecular flexibility index (Phi) is 5.46. The fraction of sp³-hybridized carbons (Fsp3) is 0.312. The standard InChI is InChI=1S/C16H19N3O3S/c1-11-7-8-23-14(11)9-18(3)10-15(20)17-16-12(2)5-4-6-13(16)19(21)22/h4-8H,9-10H2,1-3H3,(H,17,20)/p+1. The number of para-hydroxylation sites is 1. The van der Waals surface area contributed by atoms with Gasteiger partial charge in [-0.3, -0.25) is 14.9 Å². The topological polar surface area (TPSA) is 76.7 Å². The number of thiophene rings is 1. The van der Waals surface area contributed by atoms with E-state index in [0.717, 1.165) is 11.4 Å². The van der Waals surface area contributed by atoms with Gasteiger partial charge >= 0.3 is 0 Å². The number of nitrogens with one attached hydrogen (secondary N) is 2. The molecule has 1 unspecified atom stereocenters. The van der Waals surface area contributed by atoms with Crippen molar-refractivity contribution < 1.29 is 14.6 Å². The Bertz CT molecular complexity index is 727. The molecule has 0 aliphatic rings. The van der Waals surface area contributed by atoms with Crippen LogP contribution in [-0.4, -0.2) is 24.4 Å². The number of likely N-dealkylation sites (N-methyl/N-ethyl adjacent to an activating group) is 1. The van der Waals surface area contributed by atoms with E-state index in [1.165, 1.54) is 16.5 Å². The number of benzene rings is 1. The van der Waals surface area contributed by atoms with Crippen LogP contribution < -0.4 is 10.2 Å². The molecule has 6 nitrogen and oxygen atoms in total. The highest BCUT2D eigenvalue weighted by molar-refractivity contribution is 7.10. The second-order valence-electron chi connectivity index (χ2n) is 5.61. The first-order chi connectivity index (χ1) is 10.9. The minimum atomic E-state index is -0.478. The van der Waals surface area contributed by atoms with E-state index in [0.29, 0.717) is 5.56 Å². The summed E-state index contributed by atoms with van der Waals surface area (Å²) in [5.74, 6) is -0.228. The summed E-state index contributed by atoms with van der Waals surface area (Å²) in [5.41, 5.74) is 2.11. The van der Waals surface area contributed by atoms with Gasteiger partial charge in [-0.05, 0) is 36.4 Å². The van der Waals surface area contributed by atoms with Crippen molar-refractivity contribution in [3.05, 3.63) is 55.8 Å². The van der Waals surface area contributed by atoms with Gasteiger partial charge in [0, 0.05) is 6.07 Å². The third kappa shape index (κ3) is 4.37. The van der Waals surface area contributed by atoms with Gasteiger partial charge < -0.3 is 10.2 Å². The van der Waals surface area contributed by atoms with Crippen LogP contribution >= 0.6 is 11.3 Å². The molecule has 1 amide bonds. The number of hydrogen-bond donors (Lipinski definition) is 2. The fourth-order valence-electron chi connectivity index (χ4n) is 2.35. The Labute approximate surface area is 138 Å². The van der Waals surface area contributed by atoms with Crippen LogP contribution in [0.4, 0.5) is 11.4 Å². The van der Waals surface area contributed by atoms with Crippen LogP contribution in [0.3, 0.4) is 0 Å². The van der Waals surface area contributed by atoms with Crippen molar-refractivity contribution in [2.75, 3.05) is 18.9 Å². The SMILES string of the molecule is Cc1ccsc1C[NH+](C)CC(=O)Nc1c(C)cccc1[N+](=O)[O-]. The minimum Gasteiger partial charge on any atom is -0.325 e. The number of anilines is 1. The normalized spacial score (nSPS) is 12.0. The molecule has 1 heterocycles. The lowest BCUT2D eigenvalue weighted by atomic mass is 10.1. The smallest absolute Gasteiger partial charge is 0.293 e. The Morgan fingerprint density at radius 3 is 2.65 bits per heavy atom. The van der Waals surface area contributed by atoms with Crippen molar-refractivity contribution in [2.45, 2.75) is 20.4 Å². The maximum atomic E-state index is 12.2. The summed E-state index contributed by atoms with van der Waals surface area (Å²) in [7, 11) is 1.94. The van der Waals surface area contributed by atoms with E-state index >= 15 is 0 Å². The molecule has 1 aromatic carbocycles. The lowest BCUT2D eigenvalue weighted by Crippen LogP contribution is -3.08. The van der Waals surface area contributed by atoms with Gasteiger partial charge in [0.05, 0.1) is 16.8 Å². The first kappa shape index (κ1) is 17.1. The average Bonchev–Trinajstić information content (AvgIpc) is 2.86. The molecule has 1 atom stereocenters. The Morgan fingerprint density at radius 2 is 2.04 bits per heavy atom. The van der Waals surface area contributed by atoms with Crippen molar-refractivity contribution in [2.24, 2.45) is 0 Å². The average molecular weight is 334 g/mol. The van der Waals surface area contributed by atoms with Crippen LogP contribution in [0.25, 0.3) is 0 Å². The van der Waals surface area contributed by atoms with Crippen LogP contribution in [-0.2, 0) is 11.3 Å². The van der Waals surface area contributed by atoms with E-state index in [1.54, 1.807) is 30.4 Å². The van der Waals surface area contributed by atoms with Gasteiger partial charge in [0.15, 0.2) is 6.54 Å². The molecular formula is C16H20N3O3S+. The number of rotatable bonds is 6. The van der Waals surface area contributed by atoms with Gasteiger partial charge in [0.1, 0.15) is 12.2 Å². The molecular weight excluding hydrogens is 314 g/mol. The number of carbonyl (C=O) groups is 1. The largest absolute Gasteiger partial charge is 0.325 e. The number of quaternary nitrogens is 1. The van der Waals surface area contributed by atoms with Gasteiger partial charge in [-0.15, -0.1) is 11.3 Å². The molecule has 2 aromatic rings. The lowest BCUT2D eigenvalue weighted by molar-refractivity contribution is -0.884. The number of hydrogen-bond acceptors (Lipinski definition) is 4. The number of aryl methyl sites for hydroxylation is 2. The van der Waals surface area contributed by atoms with Gasteiger partial charge in [-0.1, -0.05) is 12.1 Å². The molecule has 0 aliphatic carbocycles. The van der Waals surface area contributed by atoms with Crippen molar-refractivity contribution in [3.63, 3.8) is 0 Å². The molecule has 2 rings (SSSR count). The highest BCUT2D eigenvalue weighted by atomic mass is 32.1. The summed E-state index contributed by atoms with van der Waals surface area (Å²) in [6, 6.07) is 6.81. The number of nitro groups is 1. The maximum absolute atomic E-state index is 12.2. The molecule has 0 spiro atoms. The molecule has 1 aromatic heterocycles. The third-order valence-corrected chi connectivity index (χ3v) is 4.63. The van der Waals surface area contributed by atoms with E-state index in [2.05, 4.69) is 18.3 Å². The third-order valence-electron chi connectivity index (χ3n) is 3.60. The van der Waals surface area contributed by atoms with E-state index in [-0.39, 0.29) is 23.8 Å². The van der Waals surface area contributed by atoms with Gasteiger partial charge in [0.25, 0.3) is 11.6 Å². The molecule has 0 fully saturated rings. The predicted octanol–water partition coefficient (Wildman–Crippen LogP) is 1.93. The van der Waals surface area contributed by atoms with E-state index in [4.69, 9.17) is 0 Å². The van der Waals surface area contributed by atoms with Crippen molar-refractivity contribution in [1.29, 1.82) is 0 Å². The minimum absolute atomic E-state index is 0.0786. The van der Waals surface area contributed by atoms with Crippen molar-refractivity contribution in [1.82, 2.24) is 0 Å². The summed E-state index contributed by atoms with van der Waals surface area (Å²) >= 11 is 1.68. The first-order valence-electron chi connectivity index (χ1n) is 7.26. The second-order valence-corrected chi connectivity index (χ2v) is 6.61. The molecule has 0 saturated heterocycles. The molecule has 0 bridgehead atoms. The van der Waals surface area contributed by atoms with Crippen LogP contribution in [0.5, 0.6) is 0 Å². The lowest BCUT2D eigenvalue weighted by Gasteiger charge is -2.14. The highest BCUT2D eigenvalue weighted by Crippen LogP contribution is 2.27. The first-order valence-corrected chi connectivity index (χ1v) is 8.14. The van der Waals surface area contributed by atoms with Crippen molar-refractivity contribution >= 4 is 28.6 Å². The number of carbonyl (C=O) groups excluding carboxylic acids is 1. The van der Waals surface area contributed by atoms with Gasteiger partial charge in [0.2, 0.25) is 0 Å². The molecule has 122 valence electrons. The van der Waals surface area contributed by atoms with Gasteiger partial charge in [-0.2, -0.15) is 0 Å².